The molecule has 0 aromatic heterocycles. The fourth-order valence-electron chi connectivity index (χ4n) is 2.21. The Bertz CT molecular complexity index is 538. The van der Waals surface area contributed by atoms with Crippen LogP contribution in [-0.2, 0) is 9.53 Å². The van der Waals surface area contributed by atoms with Crippen LogP contribution in [0.1, 0.15) is 60.1 Å². The van der Waals surface area contributed by atoms with E-state index in [2.05, 4.69) is 5.32 Å². The van der Waals surface area contributed by atoms with Crippen molar-refractivity contribution in [3.63, 3.8) is 0 Å². The van der Waals surface area contributed by atoms with Crippen molar-refractivity contribution in [2.24, 2.45) is 10.8 Å². The van der Waals surface area contributed by atoms with Crippen molar-refractivity contribution < 1.29 is 14.3 Å². The molecule has 23 heavy (non-hydrogen) atoms. The summed E-state index contributed by atoms with van der Waals surface area (Å²) < 4.78 is 5.42. The summed E-state index contributed by atoms with van der Waals surface area (Å²) in [5, 5.41) is 2.75. The zero-order valence-electron chi connectivity index (χ0n) is 15.3. The summed E-state index contributed by atoms with van der Waals surface area (Å²) >= 11 is 0. The van der Waals surface area contributed by atoms with E-state index in [1.54, 1.807) is 0 Å². The van der Waals surface area contributed by atoms with Crippen molar-refractivity contribution >= 4 is 11.9 Å². The number of alkyl carbamates (subject to hydrolysis) is 1. The monoisotopic (exact) mass is 319 g/mol. The van der Waals surface area contributed by atoms with Gasteiger partial charge in [-0.2, -0.15) is 0 Å². The summed E-state index contributed by atoms with van der Waals surface area (Å²) in [7, 11) is 0. The minimum absolute atomic E-state index is 0.00526. The van der Waals surface area contributed by atoms with Gasteiger partial charge in [-0.1, -0.05) is 71.9 Å². The smallest absolute Gasteiger partial charge is 0.408 e. The Labute approximate surface area is 139 Å². The van der Waals surface area contributed by atoms with Gasteiger partial charge < -0.3 is 10.1 Å². The molecule has 2 unspecified atom stereocenters. The highest BCUT2D eigenvalue weighted by Crippen LogP contribution is 2.28. The van der Waals surface area contributed by atoms with Crippen LogP contribution in [0.3, 0.4) is 0 Å². The molecule has 1 rings (SSSR count). The van der Waals surface area contributed by atoms with Gasteiger partial charge in [0.2, 0.25) is 0 Å². The third-order valence-corrected chi connectivity index (χ3v) is 3.68. The topological polar surface area (TPSA) is 55.4 Å². The van der Waals surface area contributed by atoms with Crippen LogP contribution in [0.25, 0.3) is 0 Å². The van der Waals surface area contributed by atoms with Crippen LogP contribution < -0.4 is 5.32 Å². The minimum Gasteiger partial charge on any atom is -0.442 e. The number of ether oxygens (including phenoxy) is 1. The lowest BCUT2D eigenvalue weighted by Gasteiger charge is -2.34. The Hall–Kier alpha value is -1.84. The van der Waals surface area contributed by atoms with E-state index >= 15 is 0 Å². The number of Topliss-reactive ketones (excluding diaryl/α,β-unsaturated/α-hetero) is 1. The average Bonchev–Trinajstić information content (AvgIpc) is 2.42. The van der Waals surface area contributed by atoms with Crippen molar-refractivity contribution in [2.75, 3.05) is 0 Å². The first-order chi connectivity index (χ1) is 10.4. The number of amides is 1. The van der Waals surface area contributed by atoms with Gasteiger partial charge in [0.25, 0.3) is 0 Å². The normalized spacial score (nSPS) is 14.7. The summed E-state index contributed by atoms with van der Waals surface area (Å²) in [6, 6.07) is 8.91. The molecule has 1 N–H and O–H groups in total. The first-order valence-electron chi connectivity index (χ1n) is 7.99. The van der Waals surface area contributed by atoms with Gasteiger partial charge in [0.05, 0.1) is 6.04 Å². The number of ketones is 1. The fourth-order valence-corrected chi connectivity index (χ4v) is 2.21. The quantitative estimate of drug-likeness (QED) is 0.888. The Morgan fingerprint density at radius 1 is 1.00 bits per heavy atom. The number of carbonyl (C=O) groups is 2. The van der Waals surface area contributed by atoms with E-state index in [0.29, 0.717) is 0 Å². The zero-order valence-corrected chi connectivity index (χ0v) is 15.3. The van der Waals surface area contributed by atoms with Crippen molar-refractivity contribution in [1.82, 2.24) is 5.32 Å². The molecule has 4 heteroatoms. The number of carbonyl (C=O) groups excluding carboxylic acids is 2. The number of hydrogen-bond acceptors (Lipinski definition) is 3. The second kappa shape index (κ2) is 7.16. The van der Waals surface area contributed by atoms with E-state index in [0.717, 1.165) is 5.56 Å². The van der Waals surface area contributed by atoms with Crippen LogP contribution in [0.4, 0.5) is 4.79 Å². The summed E-state index contributed by atoms with van der Waals surface area (Å²) in [6.07, 6.45) is -0.944. The van der Waals surface area contributed by atoms with Gasteiger partial charge in [-0.25, -0.2) is 4.79 Å². The van der Waals surface area contributed by atoms with Crippen LogP contribution in [0, 0.1) is 10.8 Å². The van der Waals surface area contributed by atoms with E-state index in [1.807, 2.05) is 78.8 Å². The number of benzene rings is 1. The SMILES string of the molecule is CC(OC(=O)NC(C(=O)C(C)(C)C)C(C)(C)C)c1ccccc1. The van der Waals surface area contributed by atoms with Crippen molar-refractivity contribution in [1.29, 1.82) is 0 Å². The molecule has 0 aliphatic heterocycles. The largest absolute Gasteiger partial charge is 0.442 e. The van der Waals surface area contributed by atoms with E-state index in [4.69, 9.17) is 4.74 Å². The molecule has 128 valence electrons. The second-order valence-electron chi connectivity index (χ2n) is 8.02. The van der Waals surface area contributed by atoms with Crippen LogP contribution >= 0.6 is 0 Å². The lowest BCUT2D eigenvalue weighted by molar-refractivity contribution is -0.130. The molecule has 1 aromatic rings. The van der Waals surface area contributed by atoms with Gasteiger partial charge in [-0.3, -0.25) is 4.79 Å². The molecule has 0 heterocycles. The van der Waals surface area contributed by atoms with Gasteiger partial charge in [-0.15, -0.1) is 0 Å². The molecular formula is C19H29NO3. The van der Waals surface area contributed by atoms with Gasteiger partial charge in [0.1, 0.15) is 6.10 Å². The van der Waals surface area contributed by atoms with Crippen LogP contribution in [0.2, 0.25) is 0 Å². The molecule has 0 aliphatic carbocycles. The first kappa shape index (κ1) is 19.2. The molecule has 0 saturated heterocycles. The molecule has 2 atom stereocenters. The molecule has 1 aromatic carbocycles. The summed E-state index contributed by atoms with van der Waals surface area (Å²) in [5.74, 6) is -0.00526. The molecule has 4 nitrogen and oxygen atoms in total. The lowest BCUT2D eigenvalue weighted by atomic mass is 9.76. The van der Waals surface area contributed by atoms with Crippen LogP contribution in [0.15, 0.2) is 30.3 Å². The summed E-state index contributed by atoms with van der Waals surface area (Å²) in [6.45, 7) is 13.2. The maximum Gasteiger partial charge on any atom is 0.408 e. The van der Waals surface area contributed by atoms with E-state index in [1.165, 1.54) is 0 Å². The highest BCUT2D eigenvalue weighted by Gasteiger charge is 2.38. The van der Waals surface area contributed by atoms with E-state index in [9.17, 15) is 9.59 Å². The second-order valence-corrected chi connectivity index (χ2v) is 8.02. The molecule has 0 aliphatic rings. The Morgan fingerprint density at radius 2 is 1.52 bits per heavy atom. The molecule has 0 fully saturated rings. The average molecular weight is 319 g/mol. The Kier molecular flexibility index (Phi) is 5.98. The molecule has 0 spiro atoms. The molecule has 0 bridgehead atoms. The Morgan fingerprint density at radius 3 is 1.96 bits per heavy atom. The molecule has 1 amide bonds. The predicted molar refractivity (Wildman–Crippen MR) is 92.2 cm³/mol. The lowest BCUT2D eigenvalue weighted by Crippen LogP contribution is -2.52. The number of nitrogens with one attached hydrogen (secondary N) is 1. The highest BCUT2D eigenvalue weighted by atomic mass is 16.6. The Balaban J connectivity index is 2.81. The molecule has 0 radical (unpaired) electrons. The molecule has 0 saturated carbocycles. The van der Waals surface area contributed by atoms with Gasteiger partial charge in [-0.05, 0) is 17.9 Å². The third kappa shape index (κ3) is 5.70. The molecular weight excluding hydrogens is 290 g/mol. The van der Waals surface area contributed by atoms with E-state index in [-0.39, 0.29) is 17.3 Å². The van der Waals surface area contributed by atoms with Crippen LogP contribution in [-0.4, -0.2) is 17.9 Å². The van der Waals surface area contributed by atoms with Crippen molar-refractivity contribution in [3.05, 3.63) is 35.9 Å². The summed E-state index contributed by atoms with van der Waals surface area (Å²) in [5.41, 5.74) is -0.00700. The summed E-state index contributed by atoms with van der Waals surface area (Å²) in [4.78, 5) is 24.9. The van der Waals surface area contributed by atoms with Crippen molar-refractivity contribution in [2.45, 2.75) is 60.6 Å². The number of rotatable bonds is 4. The van der Waals surface area contributed by atoms with Gasteiger partial charge in [0.15, 0.2) is 5.78 Å². The highest BCUT2D eigenvalue weighted by molar-refractivity contribution is 5.92. The van der Waals surface area contributed by atoms with Gasteiger partial charge >= 0.3 is 6.09 Å². The zero-order chi connectivity index (χ0) is 17.8. The predicted octanol–water partition coefficient (Wildman–Crippen LogP) is 4.50. The maximum atomic E-state index is 12.6. The van der Waals surface area contributed by atoms with Crippen molar-refractivity contribution in [3.8, 4) is 0 Å². The van der Waals surface area contributed by atoms with Gasteiger partial charge in [0, 0.05) is 5.41 Å². The fraction of sp³-hybridized carbons (Fsp3) is 0.579. The minimum atomic E-state index is -0.599. The van der Waals surface area contributed by atoms with E-state index < -0.39 is 17.6 Å². The third-order valence-electron chi connectivity index (χ3n) is 3.68. The van der Waals surface area contributed by atoms with Crippen LogP contribution in [0.5, 0.6) is 0 Å². The maximum absolute atomic E-state index is 12.6. The standard InChI is InChI=1S/C19H29NO3/c1-13(14-11-9-8-10-12-14)23-17(22)20-15(18(2,3)4)16(21)19(5,6)7/h8-13,15H,1-7H3,(H,20,22). The first-order valence-corrected chi connectivity index (χ1v) is 7.99. The number of hydrogen-bond donors (Lipinski definition) is 1.